The number of rotatable bonds is 1. The third kappa shape index (κ3) is 2.49. The smallest absolute Gasteiger partial charge is 0.219 e. The van der Waals surface area contributed by atoms with Gasteiger partial charge in [-0.05, 0) is 6.92 Å². The van der Waals surface area contributed by atoms with E-state index in [1.807, 2.05) is 4.90 Å². The summed E-state index contributed by atoms with van der Waals surface area (Å²) < 4.78 is 0. The first-order valence-corrected chi connectivity index (χ1v) is 5.96. The summed E-state index contributed by atoms with van der Waals surface area (Å²) in [7, 11) is 0. The van der Waals surface area contributed by atoms with Crippen molar-refractivity contribution in [3.05, 3.63) is 17.5 Å². The Hall–Kier alpha value is -1.36. The lowest BCUT2D eigenvalue weighted by Gasteiger charge is -2.40. The summed E-state index contributed by atoms with van der Waals surface area (Å²) in [5.41, 5.74) is 0. The van der Waals surface area contributed by atoms with Crippen LogP contribution >= 0.6 is 11.6 Å². The summed E-state index contributed by atoms with van der Waals surface area (Å²) >= 11 is 6.03. The summed E-state index contributed by atoms with van der Waals surface area (Å²) in [5.74, 6) is 0.812. The second-order valence-electron chi connectivity index (χ2n) is 4.18. The van der Waals surface area contributed by atoms with Crippen LogP contribution in [0, 0.1) is 0 Å². The SMILES string of the molecule is CC(=O)N1CCN(c2nccnc2Cl)C(C)C1. The number of nitrogens with zero attached hydrogens (tertiary/aromatic N) is 4. The van der Waals surface area contributed by atoms with Gasteiger partial charge in [-0.25, -0.2) is 9.97 Å². The minimum absolute atomic E-state index is 0.113. The van der Waals surface area contributed by atoms with Gasteiger partial charge in [0.05, 0.1) is 0 Å². The average Bonchev–Trinajstić information content (AvgIpc) is 2.30. The molecule has 0 radical (unpaired) electrons. The van der Waals surface area contributed by atoms with E-state index in [1.165, 1.54) is 0 Å². The van der Waals surface area contributed by atoms with Crippen LogP contribution in [0.2, 0.25) is 5.15 Å². The maximum absolute atomic E-state index is 11.3. The van der Waals surface area contributed by atoms with Crippen molar-refractivity contribution >= 4 is 23.3 Å². The fraction of sp³-hybridized carbons (Fsp3) is 0.545. The maximum atomic E-state index is 11.3. The van der Waals surface area contributed by atoms with Gasteiger partial charge < -0.3 is 9.80 Å². The summed E-state index contributed by atoms with van der Waals surface area (Å²) in [6.07, 6.45) is 3.20. The molecule has 1 aromatic heterocycles. The van der Waals surface area contributed by atoms with E-state index in [4.69, 9.17) is 11.6 Å². The molecule has 1 saturated heterocycles. The number of anilines is 1. The van der Waals surface area contributed by atoms with Gasteiger partial charge in [0.2, 0.25) is 5.91 Å². The highest BCUT2D eigenvalue weighted by Gasteiger charge is 2.27. The lowest BCUT2D eigenvalue weighted by Crippen LogP contribution is -2.53. The summed E-state index contributed by atoms with van der Waals surface area (Å²) in [6.45, 7) is 5.78. The molecular weight excluding hydrogens is 240 g/mol. The highest BCUT2D eigenvalue weighted by atomic mass is 35.5. The predicted octanol–water partition coefficient (Wildman–Crippen LogP) is 1.19. The van der Waals surface area contributed by atoms with Crippen molar-refractivity contribution in [1.82, 2.24) is 14.9 Å². The largest absolute Gasteiger partial charge is 0.348 e. The predicted molar refractivity (Wildman–Crippen MR) is 66.1 cm³/mol. The minimum Gasteiger partial charge on any atom is -0.348 e. The molecule has 1 amide bonds. The van der Waals surface area contributed by atoms with Crippen LogP contribution in [0.15, 0.2) is 12.4 Å². The molecular formula is C11H15ClN4O. The van der Waals surface area contributed by atoms with Crippen LogP contribution in [0.3, 0.4) is 0 Å². The zero-order chi connectivity index (χ0) is 12.4. The molecule has 2 rings (SSSR count). The molecule has 0 N–H and O–H groups in total. The third-order valence-corrected chi connectivity index (χ3v) is 3.25. The molecule has 1 aliphatic rings. The molecule has 0 aromatic carbocycles. The number of amides is 1. The second kappa shape index (κ2) is 4.87. The van der Waals surface area contributed by atoms with Gasteiger partial charge in [-0.15, -0.1) is 0 Å². The van der Waals surface area contributed by atoms with Crippen molar-refractivity contribution in [1.29, 1.82) is 0 Å². The zero-order valence-corrected chi connectivity index (χ0v) is 10.7. The number of halogens is 1. The molecule has 1 fully saturated rings. The number of aromatic nitrogens is 2. The molecule has 1 atom stereocenters. The Labute approximate surface area is 105 Å². The monoisotopic (exact) mass is 254 g/mol. The van der Waals surface area contributed by atoms with E-state index in [0.29, 0.717) is 24.1 Å². The van der Waals surface area contributed by atoms with E-state index in [0.717, 1.165) is 6.54 Å². The molecule has 1 aromatic rings. The normalized spacial score (nSPS) is 20.5. The third-order valence-electron chi connectivity index (χ3n) is 2.98. The Kier molecular flexibility index (Phi) is 3.47. The number of carbonyl (C=O) groups excluding carboxylic acids is 1. The average molecular weight is 255 g/mol. The number of carbonyl (C=O) groups is 1. The van der Waals surface area contributed by atoms with Gasteiger partial charge in [-0.2, -0.15) is 0 Å². The second-order valence-corrected chi connectivity index (χ2v) is 4.54. The van der Waals surface area contributed by atoms with Crippen LogP contribution in [0.1, 0.15) is 13.8 Å². The molecule has 0 bridgehead atoms. The number of hydrogen-bond donors (Lipinski definition) is 0. The Morgan fingerprint density at radius 2 is 2.12 bits per heavy atom. The summed E-state index contributed by atoms with van der Waals surface area (Å²) in [4.78, 5) is 23.5. The van der Waals surface area contributed by atoms with Gasteiger partial charge in [0.15, 0.2) is 11.0 Å². The van der Waals surface area contributed by atoms with Gasteiger partial charge in [-0.1, -0.05) is 11.6 Å². The Morgan fingerprint density at radius 1 is 1.41 bits per heavy atom. The first-order chi connectivity index (χ1) is 8.09. The van der Waals surface area contributed by atoms with Gasteiger partial charge in [0.25, 0.3) is 0 Å². The Bertz CT molecular complexity index is 426. The van der Waals surface area contributed by atoms with E-state index in [9.17, 15) is 4.79 Å². The first-order valence-electron chi connectivity index (χ1n) is 5.58. The standard InChI is InChI=1S/C11H15ClN4O/c1-8-7-15(9(2)17)5-6-16(8)11-10(12)13-3-4-14-11/h3-4,8H,5-7H2,1-2H3. The topological polar surface area (TPSA) is 49.3 Å². The van der Waals surface area contributed by atoms with Gasteiger partial charge in [-0.3, -0.25) is 4.79 Å². The highest BCUT2D eigenvalue weighted by Crippen LogP contribution is 2.24. The Morgan fingerprint density at radius 3 is 2.71 bits per heavy atom. The van der Waals surface area contributed by atoms with Crippen molar-refractivity contribution in [3.8, 4) is 0 Å². The molecule has 1 unspecified atom stereocenters. The molecule has 0 aliphatic carbocycles. The molecule has 92 valence electrons. The summed E-state index contributed by atoms with van der Waals surface area (Å²) in [6, 6.07) is 0.196. The van der Waals surface area contributed by atoms with Crippen LogP contribution in [0.4, 0.5) is 5.82 Å². The number of hydrogen-bond acceptors (Lipinski definition) is 4. The molecule has 1 aliphatic heterocycles. The Balaban J connectivity index is 2.15. The fourth-order valence-corrected chi connectivity index (χ4v) is 2.28. The first kappa shape index (κ1) is 12.1. The van der Waals surface area contributed by atoms with E-state index in [-0.39, 0.29) is 11.9 Å². The van der Waals surface area contributed by atoms with E-state index in [1.54, 1.807) is 19.3 Å². The van der Waals surface area contributed by atoms with Crippen LogP contribution in [0.5, 0.6) is 0 Å². The molecule has 2 heterocycles. The van der Waals surface area contributed by atoms with Crippen LogP contribution < -0.4 is 4.90 Å². The van der Waals surface area contributed by atoms with E-state index < -0.39 is 0 Å². The van der Waals surface area contributed by atoms with Crippen molar-refractivity contribution in [2.45, 2.75) is 19.9 Å². The van der Waals surface area contributed by atoms with Crippen LogP contribution in [0.25, 0.3) is 0 Å². The fourth-order valence-electron chi connectivity index (χ4n) is 2.06. The lowest BCUT2D eigenvalue weighted by molar-refractivity contribution is -0.129. The molecule has 17 heavy (non-hydrogen) atoms. The number of piperazine rings is 1. The quantitative estimate of drug-likeness (QED) is 0.755. The van der Waals surface area contributed by atoms with Crippen LogP contribution in [-0.2, 0) is 4.79 Å². The highest BCUT2D eigenvalue weighted by molar-refractivity contribution is 6.31. The van der Waals surface area contributed by atoms with E-state index >= 15 is 0 Å². The molecule has 6 heteroatoms. The van der Waals surface area contributed by atoms with Gasteiger partial charge in [0.1, 0.15) is 0 Å². The maximum Gasteiger partial charge on any atom is 0.219 e. The van der Waals surface area contributed by atoms with Gasteiger partial charge in [0, 0.05) is 45.0 Å². The van der Waals surface area contributed by atoms with Crippen molar-refractivity contribution < 1.29 is 4.79 Å². The molecule has 0 saturated carbocycles. The van der Waals surface area contributed by atoms with Crippen LogP contribution in [-0.4, -0.2) is 46.5 Å². The molecule has 0 spiro atoms. The van der Waals surface area contributed by atoms with Gasteiger partial charge >= 0.3 is 0 Å². The van der Waals surface area contributed by atoms with E-state index in [2.05, 4.69) is 21.8 Å². The lowest BCUT2D eigenvalue weighted by atomic mass is 10.2. The van der Waals surface area contributed by atoms with Crippen molar-refractivity contribution in [3.63, 3.8) is 0 Å². The zero-order valence-electron chi connectivity index (χ0n) is 9.93. The van der Waals surface area contributed by atoms with Crippen molar-refractivity contribution in [2.75, 3.05) is 24.5 Å². The van der Waals surface area contributed by atoms with Crippen molar-refractivity contribution in [2.24, 2.45) is 0 Å². The minimum atomic E-state index is 0.113. The summed E-state index contributed by atoms with van der Waals surface area (Å²) in [5, 5.41) is 0.413. The molecule has 5 nitrogen and oxygen atoms in total.